The van der Waals surface area contributed by atoms with Crippen LogP contribution >= 0.6 is 0 Å². The normalized spacial score (nSPS) is 10.2. The van der Waals surface area contributed by atoms with Crippen LogP contribution in [0, 0.1) is 6.92 Å². The van der Waals surface area contributed by atoms with Crippen molar-refractivity contribution in [1.29, 1.82) is 0 Å². The molecule has 0 spiro atoms. The highest BCUT2D eigenvalue weighted by molar-refractivity contribution is 5.92. The van der Waals surface area contributed by atoms with Gasteiger partial charge in [-0.05, 0) is 25.5 Å². The molecule has 19 heavy (non-hydrogen) atoms. The maximum atomic E-state index is 12.4. The van der Waals surface area contributed by atoms with Crippen LogP contribution in [0.25, 0.3) is 0 Å². The van der Waals surface area contributed by atoms with Crippen LogP contribution in [-0.2, 0) is 6.54 Å². The zero-order chi connectivity index (χ0) is 13.7. The van der Waals surface area contributed by atoms with E-state index in [4.69, 9.17) is 0 Å². The van der Waals surface area contributed by atoms with Gasteiger partial charge in [-0.3, -0.25) is 4.79 Å². The van der Waals surface area contributed by atoms with Gasteiger partial charge in [0.25, 0.3) is 5.91 Å². The quantitative estimate of drug-likeness (QED) is 0.843. The van der Waals surface area contributed by atoms with Crippen LogP contribution in [0.4, 0.5) is 0 Å². The smallest absolute Gasteiger partial charge is 0.272 e. The number of aromatic nitrogens is 2. The molecule has 0 unspecified atom stereocenters. The van der Waals surface area contributed by atoms with E-state index in [1.165, 1.54) is 6.33 Å². The molecule has 2 aromatic rings. The summed E-state index contributed by atoms with van der Waals surface area (Å²) in [5.74, 6) is -0.0585. The number of rotatable bonds is 4. The van der Waals surface area contributed by atoms with Gasteiger partial charge in [-0.25, -0.2) is 9.97 Å². The van der Waals surface area contributed by atoms with Crippen molar-refractivity contribution < 1.29 is 4.79 Å². The molecule has 0 aliphatic rings. The molecular weight excluding hydrogens is 238 g/mol. The third-order valence-corrected chi connectivity index (χ3v) is 2.91. The molecule has 98 valence electrons. The highest BCUT2D eigenvalue weighted by atomic mass is 16.2. The van der Waals surface area contributed by atoms with Gasteiger partial charge in [0.15, 0.2) is 0 Å². The van der Waals surface area contributed by atoms with Gasteiger partial charge < -0.3 is 4.90 Å². The lowest BCUT2D eigenvalue weighted by atomic mass is 10.2. The van der Waals surface area contributed by atoms with Crippen molar-refractivity contribution in [2.24, 2.45) is 0 Å². The Labute approximate surface area is 113 Å². The standard InChI is InChI=1S/C15H17N3O/c1-3-18(10-13-7-5-4-6-8-13)15(19)14-9-12(2)16-11-17-14/h4-9,11H,3,10H2,1-2H3. The number of benzene rings is 1. The largest absolute Gasteiger partial charge is 0.333 e. The third kappa shape index (κ3) is 3.37. The number of carbonyl (C=O) groups is 1. The molecule has 0 fully saturated rings. The van der Waals surface area contributed by atoms with Gasteiger partial charge in [0.1, 0.15) is 12.0 Å². The molecule has 1 amide bonds. The number of hydrogen-bond acceptors (Lipinski definition) is 3. The number of aryl methyl sites for hydroxylation is 1. The van der Waals surface area contributed by atoms with E-state index in [1.807, 2.05) is 44.2 Å². The second kappa shape index (κ2) is 6.09. The molecular formula is C15H17N3O. The van der Waals surface area contributed by atoms with Crippen molar-refractivity contribution in [3.05, 3.63) is 59.7 Å². The molecule has 4 nitrogen and oxygen atoms in total. The minimum absolute atomic E-state index is 0.0585. The zero-order valence-electron chi connectivity index (χ0n) is 11.2. The van der Waals surface area contributed by atoms with E-state index in [0.29, 0.717) is 18.8 Å². The van der Waals surface area contributed by atoms with E-state index in [2.05, 4.69) is 9.97 Å². The van der Waals surface area contributed by atoms with Gasteiger partial charge in [0.05, 0.1) is 0 Å². The van der Waals surface area contributed by atoms with Gasteiger partial charge in [-0.2, -0.15) is 0 Å². The fourth-order valence-corrected chi connectivity index (χ4v) is 1.86. The topological polar surface area (TPSA) is 46.1 Å². The van der Waals surface area contributed by atoms with Gasteiger partial charge in [-0.1, -0.05) is 30.3 Å². The first-order valence-corrected chi connectivity index (χ1v) is 6.32. The van der Waals surface area contributed by atoms with Crippen LogP contribution in [0.15, 0.2) is 42.7 Å². The number of hydrogen-bond donors (Lipinski definition) is 0. The fraction of sp³-hybridized carbons (Fsp3) is 0.267. The second-order valence-electron chi connectivity index (χ2n) is 4.35. The van der Waals surface area contributed by atoms with Crippen LogP contribution in [0.5, 0.6) is 0 Å². The van der Waals surface area contributed by atoms with Crippen LogP contribution in [0.1, 0.15) is 28.7 Å². The Morgan fingerprint density at radius 2 is 1.95 bits per heavy atom. The molecule has 1 aromatic carbocycles. The predicted molar refractivity (Wildman–Crippen MR) is 73.6 cm³/mol. The van der Waals surface area contributed by atoms with E-state index < -0.39 is 0 Å². The summed E-state index contributed by atoms with van der Waals surface area (Å²) in [5, 5.41) is 0. The summed E-state index contributed by atoms with van der Waals surface area (Å²) in [6, 6.07) is 11.7. The average molecular weight is 255 g/mol. The molecule has 0 atom stereocenters. The predicted octanol–water partition coefficient (Wildman–Crippen LogP) is 2.45. The summed E-state index contributed by atoms with van der Waals surface area (Å²) >= 11 is 0. The first-order chi connectivity index (χ1) is 9.20. The fourth-order valence-electron chi connectivity index (χ4n) is 1.86. The number of nitrogens with zero attached hydrogens (tertiary/aromatic N) is 3. The van der Waals surface area contributed by atoms with E-state index in [1.54, 1.807) is 11.0 Å². The third-order valence-electron chi connectivity index (χ3n) is 2.91. The van der Waals surface area contributed by atoms with Gasteiger partial charge in [0, 0.05) is 18.8 Å². The summed E-state index contributed by atoms with van der Waals surface area (Å²) in [6.45, 7) is 5.07. The highest BCUT2D eigenvalue weighted by Gasteiger charge is 2.15. The lowest BCUT2D eigenvalue weighted by Gasteiger charge is -2.20. The van der Waals surface area contributed by atoms with Crippen LogP contribution < -0.4 is 0 Å². The molecule has 0 bridgehead atoms. The van der Waals surface area contributed by atoms with Crippen molar-refractivity contribution in [3.8, 4) is 0 Å². The molecule has 0 N–H and O–H groups in total. The first kappa shape index (κ1) is 13.2. The number of carbonyl (C=O) groups excluding carboxylic acids is 1. The second-order valence-corrected chi connectivity index (χ2v) is 4.35. The van der Waals surface area contributed by atoms with Crippen molar-refractivity contribution in [1.82, 2.24) is 14.9 Å². The van der Waals surface area contributed by atoms with E-state index in [9.17, 15) is 4.79 Å². The van der Waals surface area contributed by atoms with Crippen molar-refractivity contribution in [3.63, 3.8) is 0 Å². The number of amides is 1. The Kier molecular flexibility index (Phi) is 4.23. The molecule has 0 saturated heterocycles. The molecule has 0 aliphatic carbocycles. The summed E-state index contributed by atoms with van der Waals surface area (Å²) in [7, 11) is 0. The molecule has 0 aliphatic heterocycles. The van der Waals surface area contributed by atoms with E-state index >= 15 is 0 Å². The van der Waals surface area contributed by atoms with Gasteiger partial charge >= 0.3 is 0 Å². The Morgan fingerprint density at radius 3 is 2.58 bits per heavy atom. The minimum Gasteiger partial charge on any atom is -0.333 e. The maximum absolute atomic E-state index is 12.4. The van der Waals surface area contributed by atoms with Crippen molar-refractivity contribution in [2.45, 2.75) is 20.4 Å². The lowest BCUT2D eigenvalue weighted by molar-refractivity contribution is 0.0746. The molecule has 0 saturated carbocycles. The van der Waals surface area contributed by atoms with Gasteiger partial charge in [0.2, 0.25) is 0 Å². The van der Waals surface area contributed by atoms with Crippen LogP contribution in [-0.4, -0.2) is 27.3 Å². The van der Waals surface area contributed by atoms with E-state index in [-0.39, 0.29) is 5.91 Å². The van der Waals surface area contributed by atoms with Gasteiger partial charge in [-0.15, -0.1) is 0 Å². The van der Waals surface area contributed by atoms with Crippen molar-refractivity contribution >= 4 is 5.91 Å². The zero-order valence-corrected chi connectivity index (χ0v) is 11.2. The molecule has 0 radical (unpaired) electrons. The SMILES string of the molecule is CCN(Cc1ccccc1)C(=O)c1cc(C)ncn1. The molecule has 1 heterocycles. The monoisotopic (exact) mass is 255 g/mol. The highest BCUT2D eigenvalue weighted by Crippen LogP contribution is 2.08. The average Bonchev–Trinajstić information content (AvgIpc) is 2.45. The summed E-state index contributed by atoms with van der Waals surface area (Å²) in [4.78, 5) is 22.2. The van der Waals surface area contributed by atoms with Crippen LogP contribution in [0.3, 0.4) is 0 Å². The van der Waals surface area contributed by atoms with Crippen molar-refractivity contribution in [2.75, 3.05) is 6.54 Å². The lowest BCUT2D eigenvalue weighted by Crippen LogP contribution is -2.31. The Bertz CT molecular complexity index is 554. The summed E-state index contributed by atoms with van der Waals surface area (Å²) in [5.41, 5.74) is 2.36. The summed E-state index contributed by atoms with van der Waals surface area (Å²) < 4.78 is 0. The Balaban J connectivity index is 2.16. The first-order valence-electron chi connectivity index (χ1n) is 6.32. The molecule has 2 rings (SSSR count). The molecule has 1 aromatic heterocycles. The summed E-state index contributed by atoms with van der Waals surface area (Å²) in [6.07, 6.45) is 1.43. The molecule has 4 heteroatoms. The Hall–Kier alpha value is -2.23. The minimum atomic E-state index is -0.0585. The van der Waals surface area contributed by atoms with E-state index in [0.717, 1.165) is 11.3 Å². The Morgan fingerprint density at radius 1 is 1.21 bits per heavy atom. The maximum Gasteiger partial charge on any atom is 0.272 e. The van der Waals surface area contributed by atoms with Crippen LogP contribution in [0.2, 0.25) is 0 Å².